The average Bonchev–Trinajstić information content (AvgIpc) is 1.41. The minimum absolute atomic E-state index is 1.41. The molecule has 0 aliphatic heterocycles. The highest BCUT2D eigenvalue weighted by Gasteiger charge is 1.49. The van der Waals surface area contributed by atoms with Gasteiger partial charge in [-0.3, -0.25) is 12.8 Å². The molecule has 0 aliphatic carbocycles. The third-order valence-electron chi connectivity index (χ3n) is 0.144. The van der Waals surface area contributed by atoms with Gasteiger partial charge in [0.25, 0.3) is 6.07 Å². The Morgan fingerprint density at radius 1 is 2.00 bits per heavy atom. The van der Waals surface area contributed by atoms with Gasteiger partial charge in [0.1, 0.15) is 0 Å². The molecule has 0 N–H and O–H groups in total. The lowest BCUT2D eigenvalue weighted by molar-refractivity contribution is 2.29. The molecular formula is C3H3NS. The third kappa shape index (κ3) is 3.45. The first-order valence-electron chi connectivity index (χ1n) is 1.10. The second-order valence-corrected chi connectivity index (χ2v) is 0.607. The molecule has 0 spiro atoms. The largest absolute Gasteiger partial charge is 0.282 e. The van der Waals surface area contributed by atoms with Gasteiger partial charge in [0.15, 0.2) is 0 Å². The molecule has 0 fully saturated rings. The monoisotopic (exact) mass is 85.0 g/mol. The van der Waals surface area contributed by atoms with Crippen LogP contribution in [0, 0.1) is 6.07 Å². The molecule has 0 aromatic carbocycles. The molecule has 2 heteroatoms. The first kappa shape index (κ1) is 4.45. The summed E-state index contributed by atoms with van der Waals surface area (Å²) in [5.74, 6) is 0. The van der Waals surface area contributed by atoms with E-state index in [9.17, 15) is 0 Å². The Morgan fingerprint density at radius 2 is 2.60 bits per heavy atom. The van der Waals surface area contributed by atoms with Crippen molar-refractivity contribution in [3.63, 3.8) is 0 Å². The van der Waals surface area contributed by atoms with Crippen LogP contribution in [0.3, 0.4) is 0 Å². The fraction of sp³-hybridized carbons (Fsp3) is 0. The summed E-state index contributed by atoms with van der Waals surface area (Å²) >= 11 is 4.09. The van der Waals surface area contributed by atoms with Gasteiger partial charge < -0.3 is 0 Å². The number of allylic oxidation sites excluding steroid dienone is 1. The average molecular weight is 85.1 g/mol. The predicted octanol–water partition coefficient (Wildman–Crippen LogP) is 0.967. The highest BCUT2D eigenvalue weighted by atomic mass is 32.1. The molecule has 0 amide bonds. The lowest BCUT2D eigenvalue weighted by Crippen LogP contribution is -1.30. The van der Waals surface area contributed by atoms with E-state index in [1.165, 1.54) is 6.08 Å². The van der Waals surface area contributed by atoms with Crippen molar-refractivity contribution in [1.29, 1.82) is 0 Å². The van der Waals surface area contributed by atoms with Crippen molar-refractivity contribution >= 4 is 12.8 Å². The van der Waals surface area contributed by atoms with E-state index in [0.29, 0.717) is 0 Å². The van der Waals surface area contributed by atoms with Gasteiger partial charge in [0, 0.05) is 0 Å². The summed E-state index contributed by atoms with van der Waals surface area (Å²) in [7, 11) is 0. The molecule has 0 heterocycles. The molecule has 0 atom stereocenters. The maximum Gasteiger partial charge on any atom is 0.282 e. The first-order valence-corrected chi connectivity index (χ1v) is 1.47. The quantitative estimate of drug-likeness (QED) is 0.313. The molecule has 0 aliphatic rings. The van der Waals surface area contributed by atoms with Crippen LogP contribution >= 0.6 is 0 Å². The fourth-order valence-corrected chi connectivity index (χ4v) is 0.112. The molecule has 0 radical (unpaired) electrons. The van der Waals surface area contributed by atoms with Gasteiger partial charge in [-0.2, -0.15) is 4.25 Å². The smallest absolute Gasteiger partial charge is 0.263 e. The van der Waals surface area contributed by atoms with Crippen molar-refractivity contribution < 1.29 is 0 Å². The SMILES string of the molecule is C=CC#[N+][S-]. The van der Waals surface area contributed by atoms with Crippen LogP contribution in [0.1, 0.15) is 0 Å². The summed E-state index contributed by atoms with van der Waals surface area (Å²) in [6.45, 7) is 3.28. The van der Waals surface area contributed by atoms with Gasteiger partial charge in [-0.25, -0.2) is 0 Å². The van der Waals surface area contributed by atoms with Crippen LogP contribution in [0.2, 0.25) is 0 Å². The Morgan fingerprint density at radius 3 is 2.60 bits per heavy atom. The van der Waals surface area contributed by atoms with E-state index in [4.69, 9.17) is 0 Å². The molecule has 1 nitrogen and oxygen atoms in total. The van der Waals surface area contributed by atoms with Crippen molar-refractivity contribution in [3.8, 4) is 6.07 Å². The molecule has 0 unspecified atom stereocenters. The molecule has 26 valence electrons. The summed E-state index contributed by atoms with van der Waals surface area (Å²) in [6.07, 6.45) is 1.41. The first-order chi connectivity index (χ1) is 2.41. The molecule has 0 bridgehead atoms. The second-order valence-electron chi connectivity index (χ2n) is 0.425. The minimum atomic E-state index is 1.41. The van der Waals surface area contributed by atoms with Crippen LogP contribution in [0.15, 0.2) is 12.7 Å². The standard InChI is InChI=1S/C3H3NS/c1-2-3-4-5/h2H,1H2. The molecule has 0 saturated carbocycles. The summed E-state index contributed by atoms with van der Waals surface area (Å²) in [5, 5.41) is 0. The number of hydrogen-bond acceptors (Lipinski definition) is 1. The van der Waals surface area contributed by atoms with Crippen molar-refractivity contribution in [1.82, 2.24) is 0 Å². The highest BCUT2D eigenvalue weighted by Crippen LogP contribution is 1.54. The number of nitrogens with zero attached hydrogens (tertiary/aromatic N) is 1. The van der Waals surface area contributed by atoms with Crippen LogP contribution in [-0.2, 0) is 12.8 Å². The molecular weight excluding hydrogens is 82.1 g/mol. The summed E-state index contributed by atoms with van der Waals surface area (Å²) in [6, 6.07) is 2.31. The van der Waals surface area contributed by atoms with E-state index in [1.807, 2.05) is 0 Å². The van der Waals surface area contributed by atoms with Crippen molar-refractivity contribution in [2.24, 2.45) is 0 Å². The van der Waals surface area contributed by atoms with E-state index < -0.39 is 0 Å². The van der Waals surface area contributed by atoms with Crippen LogP contribution in [0.5, 0.6) is 0 Å². The van der Waals surface area contributed by atoms with E-state index >= 15 is 0 Å². The Hall–Kier alpha value is -0.550. The van der Waals surface area contributed by atoms with E-state index in [0.717, 1.165) is 0 Å². The maximum absolute atomic E-state index is 4.09. The van der Waals surface area contributed by atoms with Crippen LogP contribution in [0.25, 0.3) is 4.25 Å². The van der Waals surface area contributed by atoms with Crippen LogP contribution in [0.4, 0.5) is 0 Å². The van der Waals surface area contributed by atoms with Gasteiger partial charge in [-0.05, 0) is 0 Å². The van der Waals surface area contributed by atoms with Crippen molar-refractivity contribution in [3.05, 3.63) is 16.9 Å². The Bertz CT molecular complexity index is 76.6. The van der Waals surface area contributed by atoms with Gasteiger partial charge in [-0.15, -0.1) is 0 Å². The van der Waals surface area contributed by atoms with Gasteiger partial charge in [-0.1, -0.05) is 6.58 Å². The zero-order chi connectivity index (χ0) is 4.12. The summed E-state index contributed by atoms with van der Waals surface area (Å²) in [5.41, 5.74) is 0. The number of rotatable bonds is 0. The molecule has 0 saturated heterocycles. The lowest BCUT2D eigenvalue weighted by Gasteiger charge is -1.43. The zero-order valence-corrected chi connectivity index (χ0v) is 3.46. The maximum atomic E-state index is 4.09. The molecule has 0 aromatic heterocycles. The lowest BCUT2D eigenvalue weighted by atomic mass is 10.8. The van der Waals surface area contributed by atoms with Gasteiger partial charge in [0.2, 0.25) is 0 Å². The predicted molar refractivity (Wildman–Crippen MR) is 24.8 cm³/mol. The van der Waals surface area contributed by atoms with Crippen molar-refractivity contribution in [2.45, 2.75) is 0 Å². The Balaban J connectivity index is 3.16. The molecule has 0 aromatic rings. The summed E-state index contributed by atoms with van der Waals surface area (Å²) in [4.78, 5) is 0. The molecule has 5 heavy (non-hydrogen) atoms. The normalized spacial score (nSPS) is 4.00. The highest BCUT2D eigenvalue weighted by molar-refractivity contribution is 7.61. The fourth-order valence-electron chi connectivity index (χ4n) is 0.0373. The zero-order valence-electron chi connectivity index (χ0n) is 2.64. The number of hydrogen-bond donors (Lipinski definition) is 0. The molecule has 0 rings (SSSR count). The third-order valence-corrected chi connectivity index (χ3v) is 0.249. The van der Waals surface area contributed by atoms with E-state index in [1.54, 1.807) is 0 Å². The van der Waals surface area contributed by atoms with Crippen molar-refractivity contribution in [2.75, 3.05) is 0 Å². The van der Waals surface area contributed by atoms with E-state index in [2.05, 4.69) is 29.7 Å². The minimum Gasteiger partial charge on any atom is -0.263 e. The topological polar surface area (TPSA) is 4.36 Å². The van der Waals surface area contributed by atoms with Crippen LogP contribution < -0.4 is 0 Å². The van der Waals surface area contributed by atoms with Crippen LogP contribution in [-0.4, -0.2) is 0 Å². The van der Waals surface area contributed by atoms with E-state index in [-0.39, 0.29) is 0 Å². The Labute approximate surface area is 36.7 Å². The second kappa shape index (κ2) is 3.45. The Kier molecular flexibility index (Phi) is 3.07. The summed E-state index contributed by atoms with van der Waals surface area (Å²) < 4.78 is 3.07. The van der Waals surface area contributed by atoms with Gasteiger partial charge in [0.05, 0.1) is 6.08 Å². The van der Waals surface area contributed by atoms with Gasteiger partial charge >= 0.3 is 0 Å².